The third-order valence-electron chi connectivity index (χ3n) is 2.99. The second kappa shape index (κ2) is 8.79. The molecule has 0 aromatic carbocycles. The van der Waals surface area contributed by atoms with Crippen molar-refractivity contribution in [2.75, 3.05) is 26.3 Å². The highest BCUT2D eigenvalue weighted by Gasteiger charge is 2.14. The van der Waals surface area contributed by atoms with Crippen molar-refractivity contribution in [3.63, 3.8) is 0 Å². The average Bonchev–Trinajstić information content (AvgIpc) is 2.29. The molecule has 3 N–H and O–H groups in total. The number of halogens is 1. The van der Waals surface area contributed by atoms with Crippen LogP contribution in [-0.2, 0) is 9.53 Å². The Bertz CT molecular complexity index is 196. The molecule has 4 nitrogen and oxygen atoms in total. The maximum Gasteiger partial charge on any atom is 0.224 e. The maximum atomic E-state index is 11.4. The van der Waals surface area contributed by atoms with Crippen LogP contribution in [0.2, 0.25) is 0 Å². The zero-order chi connectivity index (χ0) is 11.1. The van der Waals surface area contributed by atoms with E-state index in [1.54, 1.807) is 0 Å². The van der Waals surface area contributed by atoms with Crippen LogP contribution in [-0.4, -0.2) is 32.2 Å². The predicted octanol–water partition coefficient (Wildman–Crippen LogP) is 0.936. The summed E-state index contributed by atoms with van der Waals surface area (Å²) in [7, 11) is 0. The quantitative estimate of drug-likeness (QED) is 0.763. The first kappa shape index (κ1) is 15.7. The summed E-state index contributed by atoms with van der Waals surface area (Å²) in [6.45, 7) is 4.79. The van der Waals surface area contributed by atoms with E-state index in [1.807, 2.05) is 6.92 Å². The molecule has 1 rings (SSSR count). The Morgan fingerprint density at radius 3 is 2.69 bits per heavy atom. The highest BCUT2D eigenvalue weighted by Crippen LogP contribution is 2.17. The van der Waals surface area contributed by atoms with E-state index in [4.69, 9.17) is 10.5 Å². The van der Waals surface area contributed by atoms with E-state index in [2.05, 4.69) is 5.32 Å². The van der Waals surface area contributed by atoms with E-state index in [-0.39, 0.29) is 24.2 Å². The van der Waals surface area contributed by atoms with Crippen molar-refractivity contribution in [3.05, 3.63) is 0 Å². The molecular weight excluding hydrogens is 228 g/mol. The van der Waals surface area contributed by atoms with Gasteiger partial charge in [-0.1, -0.05) is 6.92 Å². The number of nitrogens with two attached hydrogens (primary N) is 1. The smallest absolute Gasteiger partial charge is 0.224 e. The summed E-state index contributed by atoms with van der Waals surface area (Å²) >= 11 is 0. The zero-order valence-electron chi connectivity index (χ0n) is 9.91. The molecule has 1 unspecified atom stereocenters. The van der Waals surface area contributed by atoms with Gasteiger partial charge in [-0.2, -0.15) is 0 Å². The molecule has 1 atom stereocenters. The van der Waals surface area contributed by atoms with Crippen LogP contribution >= 0.6 is 12.4 Å². The Morgan fingerprint density at radius 1 is 1.50 bits per heavy atom. The van der Waals surface area contributed by atoms with Gasteiger partial charge < -0.3 is 15.8 Å². The molecule has 0 spiro atoms. The average molecular weight is 251 g/mol. The van der Waals surface area contributed by atoms with E-state index in [0.717, 1.165) is 39.0 Å². The summed E-state index contributed by atoms with van der Waals surface area (Å²) in [6.07, 6.45) is 3.32. The van der Waals surface area contributed by atoms with Gasteiger partial charge in [0.2, 0.25) is 5.91 Å². The molecular formula is C11H23ClN2O2. The molecule has 1 amide bonds. The highest BCUT2D eigenvalue weighted by atomic mass is 35.5. The van der Waals surface area contributed by atoms with Gasteiger partial charge in [-0.15, -0.1) is 12.4 Å². The van der Waals surface area contributed by atoms with Crippen molar-refractivity contribution in [1.29, 1.82) is 0 Å². The Balaban J connectivity index is 0.00000225. The first-order chi connectivity index (χ1) is 7.24. The fourth-order valence-corrected chi connectivity index (χ4v) is 1.72. The van der Waals surface area contributed by atoms with Gasteiger partial charge in [0.25, 0.3) is 0 Å². The second-order valence-corrected chi connectivity index (χ2v) is 4.27. The van der Waals surface area contributed by atoms with Gasteiger partial charge in [0.05, 0.1) is 0 Å². The molecule has 16 heavy (non-hydrogen) atoms. The van der Waals surface area contributed by atoms with Gasteiger partial charge in [0.15, 0.2) is 0 Å². The van der Waals surface area contributed by atoms with Crippen LogP contribution in [0, 0.1) is 11.8 Å². The highest BCUT2D eigenvalue weighted by molar-refractivity contribution is 5.85. The van der Waals surface area contributed by atoms with Crippen LogP contribution in [0.15, 0.2) is 0 Å². The molecule has 96 valence electrons. The van der Waals surface area contributed by atoms with Crippen LogP contribution in [0.25, 0.3) is 0 Å². The summed E-state index contributed by atoms with van der Waals surface area (Å²) in [5.74, 6) is 0.719. The normalized spacial score (nSPS) is 18.6. The molecule has 0 aliphatic carbocycles. The summed E-state index contributed by atoms with van der Waals surface area (Å²) < 4.78 is 5.28. The molecule has 0 aromatic rings. The molecule has 1 fully saturated rings. The maximum absolute atomic E-state index is 11.4. The van der Waals surface area contributed by atoms with Crippen LogP contribution < -0.4 is 11.1 Å². The molecule has 0 bridgehead atoms. The molecule has 0 aromatic heterocycles. The molecule has 1 aliphatic heterocycles. The molecule has 0 saturated carbocycles. The van der Waals surface area contributed by atoms with E-state index >= 15 is 0 Å². The minimum atomic E-state index is -0.0697. The number of rotatable bonds is 5. The van der Waals surface area contributed by atoms with Crippen molar-refractivity contribution in [2.45, 2.75) is 26.2 Å². The standard InChI is InChI=1S/C11H22N2O2.ClH/c1-9(8-12)11(14)13-5-2-10-3-6-15-7-4-10;/h9-10H,2-8,12H2,1H3,(H,13,14);1H. The lowest BCUT2D eigenvalue weighted by Gasteiger charge is -2.22. The van der Waals surface area contributed by atoms with Crippen molar-refractivity contribution < 1.29 is 9.53 Å². The monoisotopic (exact) mass is 250 g/mol. The van der Waals surface area contributed by atoms with Crippen LogP contribution in [0.1, 0.15) is 26.2 Å². The summed E-state index contributed by atoms with van der Waals surface area (Å²) in [5.41, 5.74) is 5.41. The van der Waals surface area contributed by atoms with Gasteiger partial charge in [0.1, 0.15) is 0 Å². The minimum absolute atomic E-state index is 0. The largest absolute Gasteiger partial charge is 0.381 e. The third kappa shape index (κ3) is 5.68. The summed E-state index contributed by atoms with van der Waals surface area (Å²) in [5, 5.41) is 2.92. The second-order valence-electron chi connectivity index (χ2n) is 4.27. The Morgan fingerprint density at radius 2 is 2.12 bits per heavy atom. The van der Waals surface area contributed by atoms with Gasteiger partial charge in [0, 0.05) is 32.2 Å². The minimum Gasteiger partial charge on any atom is -0.381 e. The fraction of sp³-hybridized carbons (Fsp3) is 0.909. The Kier molecular flexibility index (Phi) is 8.61. The zero-order valence-corrected chi connectivity index (χ0v) is 10.7. The van der Waals surface area contributed by atoms with Crippen molar-refractivity contribution >= 4 is 18.3 Å². The summed E-state index contributed by atoms with van der Waals surface area (Å²) in [4.78, 5) is 11.4. The lowest BCUT2D eigenvalue weighted by Crippen LogP contribution is -2.34. The number of hydrogen-bond donors (Lipinski definition) is 2. The Hall–Kier alpha value is -0.320. The molecule has 1 heterocycles. The number of amides is 1. The lowest BCUT2D eigenvalue weighted by molar-refractivity contribution is -0.124. The van der Waals surface area contributed by atoms with E-state index in [0.29, 0.717) is 12.5 Å². The molecule has 0 radical (unpaired) electrons. The van der Waals surface area contributed by atoms with Crippen LogP contribution in [0.5, 0.6) is 0 Å². The summed E-state index contributed by atoms with van der Waals surface area (Å²) in [6, 6.07) is 0. The number of nitrogens with one attached hydrogen (secondary N) is 1. The number of hydrogen-bond acceptors (Lipinski definition) is 3. The SMILES string of the molecule is CC(CN)C(=O)NCCC1CCOCC1.Cl. The lowest BCUT2D eigenvalue weighted by atomic mass is 9.96. The molecule has 1 saturated heterocycles. The van der Waals surface area contributed by atoms with Gasteiger partial charge in [-0.05, 0) is 25.2 Å². The number of ether oxygens (including phenoxy) is 1. The number of carbonyl (C=O) groups is 1. The molecule has 1 aliphatic rings. The van der Waals surface area contributed by atoms with E-state index in [1.165, 1.54) is 0 Å². The van der Waals surface area contributed by atoms with Gasteiger partial charge in [-0.3, -0.25) is 4.79 Å². The van der Waals surface area contributed by atoms with E-state index < -0.39 is 0 Å². The Labute approximate surface area is 104 Å². The van der Waals surface area contributed by atoms with Crippen LogP contribution in [0.4, 0.5) is 0 Å². The first-order valence-corrected chi connectivity index (χ1v) is 5.79. The van der Waals surface area contributed by atoms with E-state index in [9.17, 15) is 4.79 Å². The van der Waals surface area contributed by atoms with Crippen LogP contribution in [0.3, 0.4) is 0 Å². The van der Waals surface area contributed by atoms with Crippen molar-refractivity contribution in [2.24, 2.45) is 17.6 Å². The fourth-order valence-electron chi connectivity index (χ4n) is 1.72. The first-order valence-electron chi connectivity index (χ1n) is 5.79. The molecule has 5 heteroatoms. The predicted molar refractivity (Wildman–Crippen MR) is 66.6 cm³/mol. The van der Waals surface area contributed by atoms with Crippen molar-refractivity contribution in [3.8, 4) is 0 Å². The topological polar surface area (TPSA) is 64.4 Å². The van der Waals surface area contributed by atoms with Gasteiger partial charge >= 0.3 is 0 Å². The van der Waals surface area contributed by atoms with Crippen molar-refractivity contribution in [1.82, 2.24) is 5.32 Å². The van der Waals surface area contributed by atoms with Gasteiger partial charge in [-0.25, -0.2) is 0 Å². The third-order valence-corrected chi connectivity index (χ3v) is 2.99. The number of carbonyl (C=O) groups excluding carboxylic acids is 1.